The van der Waals surface area contributed by atoms with Gasteiger partial charge in [0.2, 0.25) is 5.91 Å². The number of rotatable bonds is 5. The number of likely N-dealkylation sites (tertiary alicyclic amines) is 1. The largest absolute Gasteiger partial charge is 0.444 e. The summed E-state index contributed by atoms with van der Waals surface area (Å²) in [7, 11) is 0. The van der Waals surface area contributed by atoms with E-state index in [4.69, 9.17) is 4.74 Å². The van der Waals surface area contributed by atoms with Gasteiger partial charge in [0.15, 0.2) is 0 Å². The molecule has 6 heteroatoms. The van der Waals surface area contributed by atoms with Gasteiger partial charge in [0.05, 0.1) is 6.54 Å². The third-order valence-corrected chi connectivity index (χ3v) is 3.41. The van der Waals surface area contributed by atoms with Crippen LogP contribution in [-0.4, -0.2) is 54.7 Å². The first kappa shape index (κ1) is 18.7. The van der Waals surface area contributed by atoms with Gasteiger partial charge in [-0.15, -0.1) is 0 Å². The molecule has 2 N–H and O–H groups in total. The van der Waals surface area contributed by atoms with E-state index in [1.165, 1.54) is 0 Å². The number of amides is 2. The molecule has 0 spiro atoms. The molecule has 1 aliphatic rings. The van der Waals surface area contributed by atoms with Gasteiger partial charge < -0.3 is 20.3 Å². The Morgan fingerprint density at radius 2 is 1.82 bits per heavy atom. The molecule has 22 heavy (non-hydrogen) atoms. The monoisotopic (exact) mass is 313 g/mol. The van der Waals surface area contributed by atoms with Crippen LogP contribution >= 0.6 is 0 Å². The summed E-state index contributed by atoms with van der Waals surface area (Å²) in [5.41, 5.74) is -0.458. The van der Waals surface area contributed by atoms with Crippen molar-refractivity contribution in [1.82, 2.24) is 15.5 Å². The van der Waals surface area contributed by atoms with Crippen LogP contribution in [0, 0.1) is 5.92 Å². The first-order valence-corrected chi connectivity index (χ1v) is 8.15. The highest BCUT2D eigenvalue weighted by Gasteiger charge is 2.26. The van der Waals surface area contributed by atoms with Crippen LogP contribution in [0.25, 0.3) is 0 Å². The van der Waals surface area contributed by atoms with Crippen LogP contribution in [0.2, 0.25) is 0 Å². The van der Waals surface area contributed by atoms with Crippen LogP contribution in [0.1, 0.15) is 47.5 Å². The number of carbonyl (C=O) groups is 2. The first-order chi connectivity index (χ1) is 10.2. The molecule has 0 aromatic carbocycles. The highest BCUT2D eigenvalue weighted by molar-refractivity contribution is 5.78. The summed E-state index contributed by atoms with van der Waals surface area (Å²) in [6, 6.07) is 0.281. The molecule has 1 heterocycles. The predicted molar refractivity (Wildman–Crippen MR) is 86.7 cm³/mol. The summed E-state index contributed by atoms with van der Waals surface area (Å²) in [5, 5.41) is 6.15. The molecule has 0 radical (unpaired) electrons. The minimum Gasteiger partial charge on any atom is -0.444 e. The predicted octanol–water partition coefficient (Wildman–Crippen LogP) is 1.75. The van der Waals surface area contributed by atoms with Crippen molar-refractivity contribution in [3.63, 3.8) is 0 Å². The number of carbonyl (C=O) groups excluding carboxylic acids is 2. The Kier molecular flexibility index (Phi) is 7.13. The van der Waals surface area contributed by atoms with Crippen molar-refractivity contribution in [2.75, 3.05) is 26.2 Å². The van der Waals surface area contributed by atoms with Crippen LogP contribution in [0.5, 0.6) is 0 Å². The molecule has 0 atom stereocenters. The van der Waals surface area contributed by atoms with Gasteiger partial charge in [0.1, 0.15) is 5.60 Å². The molecule has 2 amide bonds. The van der Waals surface area contributed by atoms with Gasteiger partial charge in [0.25, 0.3) is 0 Å². The smallest absolute Gasteiger partial charge is 0.410 e. The minimum absolute atomic E-state index is 0.0308. The second kappa shape index (κ2) is 8.36. The van der Waals surface area contributed by atoms with Crippen molar-refractivity contribution < 1.29 is 14.3 Å². The molecule has 128 valence electrons. The fourth-order valence-electron chi connectivity index (χ4n) is 2.21. The molecule has 1 fully saturated rings. The molecule has 1 saturated heterocycles. The zero-order valence-electron chi connectivity index (χ0n) is 14.6. The summed E-state index contributed by atoms with van der Waals surface area (Å²) in [4.78, 5) is 25.4. The van der Waals surface area contributed by atoms with E-state index in [0.29, 0.717) is 32.1 Å². The SMILES string of the molecule is CC(C)CNC(=O)CNC1CCN(C(=O)OC(C)(C)C)CC1. The average Bonchev–Trinajstić information content (AvgIpc) is 2.41. The second-order valence-electron chi connectivity index (χ2n) is 7.32. The van der Waals surface area contributed by atoms with Gasteiger partial charge in [-0.05, 0) is 39.5 Å². The normalized spacial score (nSPS) is 16.7. The molecular formula is C16H31N3O3. The standard InChI is InChI=1S/C16H31N3O3/c1-12(2)10-18-14(20)11-17-13-6-8-19(9-7-13)15(21)22-16(3,4)5/h12-13,17H,6-11H2,1-5H3,(H,18,20). The van der Waals surface area contributed by atoms with Crippen LogP contribution in [0.15, 0.2) is 0 Å². The Hall–Kier alpha value is -1.30. The Balaban J connectivity index is 2.22. The van der Waals surface area contributed by atoms with Crippen LogP contribution in [0.3, 0.4) is 0 Å². The molecule has 0 aliphatic carbocycles. The molecule has 0 unspecified atom stereocenters. The fraction of sp³-hybridized carbons (Fsp3) is 0.875. The Labute approximate surface area is 134 Å². The van der Waals surface area contributed by atoms with Gasteiger partial charge in [-0.2, -0.15) is 0 Å². The van der Waals surface area contributed by atoms with Crippen molar-refractivity contribution in [2.24, 2.45) is 5.92 Å². The molecule has 0 saturated carbocycles. The number of hydrogen-bond acceptors (Lipinski definition) is 4. The van der Waals surface area contributed by atoms with E-state index in [9.17, 15) is 9.59 Å². The summed E-state index contributed by atoms with van der Waals surface area (Å²) >= 11 is 0. The van der Waals surface area contributed by atoms with Gasteiger partial charge >= 0.3 is 6.09 Å². The number of ether oxygens (including phenoxy) is 1. The average molecular weight is 313 g/mol. The van der Waals surface area contributed by atoms with E-state index in [1.54, 1.807) is 4.90 Å². The maximum absolute atomic E-state index is 12.0. The van der Waals surface area contributed by atoms with Gasteiger partial charge in [-0.1, -0.05) is 13.8 Å². The van der Waals surface area contributed by atoms with E-state index < -0.39 is 5.60 Å². The van der Waals surface area contributed by atoms with Crippen molar-refractivity contribution in [3.05, 3.63) is 0 Å². The quantitative estimate of drug-likeness (QED) is 0.811. The highest BCUT2D eigenvalue weighted by atomic mass is 16.6. The van der Waals surface area contributed by atoms with Crippen LogP contribution in [0.4, 0.5) is 4.79 Å². The number of piperidine rings is 1. The van der Waals surface area contributed by atoms with Gasteiger partial charge in [0, 0.05) is 25.7 Å². The first-order valence-electron chi connectivity index (χ1n) is 8.15. The lowest BCUT2D eigenvalue weighted by Gasteiger charge is -2.33. The third kappa shape index (κ3) is 7.64. The second-order valence-corrected chi connectivity index (χ2v) is 7.32. The molecule has 6 nitrogen and oxygen atoms in total. The molecule has 0 aromatic heterocycles. The summed E-state index contributed by atoms with van der Waals surface area (Å²) in [6.07, 6.45) is 1.44. The number of nitrogens with zero attached hydrogens (tertiary/aromatic N) is 1. The highest BCUT2D eigenvalue weighted by Crippen LogP contribution is 2.15. The third-order valence-electron chi connectivity index (χ3n) is 3.41. The van der Waals surface area contributed by atoms with Crippen LogP contribution < -0.4 is 10.6 Å². The Morgan fingerprint density at radius 1 is 1.23 bits per heavy atom. The molecule has 0 bridgehead atoms. The minimum atomic E-state index is -0.458. The molecular weight excluding hydrogens is 282 g/mol. The maximum Gasteiger partial charge on any atom is 0.410 e. The lowest BCUT2D eigenvalue weighted by Crippen LogP contribution is -2.48. The zero-order chi connectivity index (χ0) is 16.8. The lowest BCUT2D eigenvalue weighted by atomic mass is 10.1. The van der Waals surface area contributed by atoms with Gasteiger partial charge in [-0.3, -0.25) is 4.79 Å². The maximum atomic E-state index is 12.0. The fourth-order valence-corrected chi connectivity index (χ4v) is 2.21. The van der Waals surface area contributed by atoms with Gasteiger partial charge in [-0.25, -0.2) is 4.79 Å². The van der Waals surface area contributed by atoms with E-state index >= 15 is 0 Å². The van der Waals surface area contributed by atoms with Crippen molar-refractivity contribution in [2.45, 2.75) is 59.1 Å². The summed E-state index contributed by atoms with van der Waals surface area (Å²) < 4.78 is 5.37. The number of nitrogens with one attached hydrogen (secondary N) is 2. The lowest BCUT2D eigenvalue weighted by molar-refractivity contribution is -0.120. The van der Waals surface area contributed by atoms with Crippen LogP contribution in [-0.2, 0) is 9.53 Å². The number of hydrogen-bond donors (Lipinski definition) is 2. The topological polar surface area (TPSA) is 70.7 Å². The Bertz CT molecular complexity index is 369. The van der Waals surface area contributed by atoms with Crippen molar-refractivity contribution in [3.8, 4) is 0 Å². The zero-order valence-corrected chi connectivity index (χ0v) is 14.6. The molecule has 0 aromatic rings. The van der Waals surface area contributed by atoms with E-state index in [2.05, 4.69) is 24.5 Å². The summed E-state index contributed by atoms with van der Waals surface area (Å²) in [5.74, 6) is 0.490. The molecule has 1 rings (SSSR count). The summed E-state index contributed by atoms with van der Waals surface area (Å²) in [6.45, 7) is 12.1. The Morgan fingerprint density at radius 3 is 2.32 bits per heavy atom. The van der Waals surface area contributed by atoms with Crippen molar-refractivity contribution in [1.29, 1.82) is 0 Å². The van der Waals surface area contributed by atoms with E-state index in [-0.39, 0.29) is 18.0 Å². The van der Waals surface area contributed by atoms with Crippen molar-refractivity contribution >= 4 is 12.0 Å². The van der Waals surface area contributed by atoms with E-state index in [0.717, 1.165) is 12.8 Å². The molecule has 1 aliphatic heterocycles. The van der Waals surface area contributed by atoms with E-state index in [1.807, 2.05) is 20.8 Å².